The van der Waals surface area contributed by atoms with Gasteiger partial charge in [-0.2, -0.15) is 4.68 Å². The third-order valence-electron chi connectivity index (χ3n) is 4.11. The van der Waals surface area contributed by atoms with Crippen LogP contribution >= 0.6 is 23.4 Å². The fraction of sp³-hybridized carbons (Fsp3) is 0.150. The van der Waals surface area contributed by atoms with Crippen LogP contribution in [0.2, 0.25) is 5.02 Å². The standard InChI is InChI=1S/C20H17ClN4O2S/c21-17-9-3-4-11-19(17)27-12-15(26)13-28-20-22-23-24-25(20)18-10-5-7-14-6-1-2-8-16(14)18/h1-11,15,26H,12-13H2. The minimum absolute atomic E-state index is 0.132. The van der Waals surface area contributed by atoms with Crippen molar-refractivity contribution in [2.45, 2.75) is 11.3 Å². The molecule has 8 heteroatoms. The average Bonchev–Trinajstić information content (AvgIpc) is 3.19. The molecule has 0 radical (unpaired) electrons. The second-order valence-corrected chi connectivity index (χ2v) is 7.47. The highest BCUT2D eigenvalue weighted by atomic mass is 35.5. The molecule has 1 N–H and O–H groups in total. The molecule has 4 rings (SSSR count). The fourth-order valence-electron chi connectivity index (χ4n) is 2.78. The van der Waals surface area contributed by atoms with Gasteiger partial charge < -0.3 is 9.84 Å². The smallest absolute Gasteiger partial charge is 0.214 e. The van der Waals surface area contributed by atoms with Crippen LogP contribution in [0.25, 0.3) is 16.5 Å². The number of rotatable bonds is 7. The third kappa shape index (κ3) is 4.11. The molecule has 1 aromatic heterocycles. The second kappa shape index (κ2) is 8.60. The molecule has 0 aliphatic heterocycles. The number of hydrogen-bond acceptors (Lipinski definition) is 6. The van der Waals surface area contributed by atoms with E-state index in [1.54, 1.807) is 16.8 Å². The predicted molar refractivity (Wildman–Crippen MR) is 110 cm³/mol. The maximum atomic E-state index is 10.3. The lowest BCUT2D eigenvalue weighted by Gasteiger charge is -2.13. The Bertz CT molecular complexity index is 1080. The first-order valence-electron chi connectivity index (χ1n) is 8.67. The minimum Gasteiger partial charge on any atom is -0.489 e. The Morgan fingerprint density at radius 2 is 1.82 bits per heavy atom. The van der Waals surface area contributed by atoms with Crippen molar-refractivity contribution >= 4 is 34.1 Å². The van der Waals surface area contributed by atoms with E-state index in [0.717, 1.165) is 16.5 Å². The van der Waals surface area contributed by atoms with E-state index >= 15 is 0 Å². The minimum atomic E-state index is -0.695. The summed E-state index contributed by atoms with van der Waals surface area (Å²) in [5, 5.41) is 25.6. The first-order chi connectivity index (χ1) is 13.7. The zero-order valence-corrected chi connectivity index (χ0v) is 16.3. The summed E-state index contributed by atoms with van der Waals surface area (Å²) in [5.41, 5.74) is 0.896. The number of tetrazole rings is 1. The van der Waals surface area contributed by atoms with Crippen LogP contribution in [0.3, 0.4) is 0 Å². The van der Waals surface area contributed by atoms with Gasteiger partial charge in [-0.25, -0.2) is 0 Å². The molecule has 0 aliphatic carbocycles. The number of nitrogens with zero attached hydrogens (tertiary/aromatic N) is 4. The molecule has 0 amide bonds. The Balaban J connectivity index is 1.44. The van der Waals surface area contributed by atoms with Crippen LogP contribution < -0.4 is 4.74 Å². The molecule has 0 saturated carbocycles. The third-order valence-corrected chi connectivity index (χ3v) is 5.48. The summed E-state index contributed by atoms with van der Waals surface area (Å²) in [6.07, 6.45) is -0.695. The molecule has 0 saturated heterocycles. The molecule has 0 aliphatic rings. The van der Waals surface area contributed by atoms with Crippen LogP contribution in [0.15, 0.2) is 71.9 Å². The van der Waals surface area contributed by atoms with Gasteiger partial charge in [0.15, 0.2) is 0 Å². The van der Waals surface area contributed by atoms with Gasteiger partial charge in [0.05, 0.1) is 16.8 Å². The van der Waals surface area contributed by atoms with Crippen molar-refractivity contribution < 1.29 is 9.84 Å². The van der Waals surface area contributed by atoms with Crippen LogP contribution in [0.4, 0.5) is 0 Å². The first kappa shape index (κ1) is 18.7. The average molecular weight is 413 g/mol. The zero-order valence-electron chi connectivity index (χ0n) is 14.8. The van der Waals surface area contributed by atoms with Gasteiger partial charge >= 0.3 is 0 Å². The van der Waals surface area contributed by atoms with Gasteiger partial charge in [-0.3, -0.25) is 0 Å². The number of ether oxygens (including phenoxy) is 1. The zero-order chi connectivity index (χ0) is 19.3. The molecule has 1 atom stereocenters. The predicted octanol–water partition coefficient (Wildman–Crippen LogP) is 4.00. The molecule has 3 aromatic carbocycles. The molecular weight excluding hydrogens is 396 g/mol. The molecule has 28 heavy (non-hydrogen) atoms. The maximum Gasteiger partial charge on any atom is 0.214 e. The van der Waals surface area contributed by atoms with E-state index in [4.69, 9.17) is 16.3 Å². The van der Waals surface area contributed by atoms with Crippen molar-refractivity contribution in [3.8, 4) is 11.4 Å². The van der Waals surface area contributed by atoms with Gasteiger partial charge in [-0.05, 0) is 34.0 Å². The van der Waals surface area contributed by atoms with E-state index in [0.29, 0.717) is 21.7 Å². The Labute approximate surface area is 171 Å². The van der Waals surface area contributed by atoms with Crippen molar-refractivity contribution in [3.63, 3.8) is 0 Å². The van der Waals surface area contributed by atoms with E-state index in [1.165, 1.54) is 11.8 Å². The summed E-state index contributed by atoms with van der Waals surface area (Å²) in [7, 11) is 0. The van der Waals surface area contributed by atoms with Crippen LogP contribution in [0.1, 0.15) is 0 Å². The number of aromatic nitrogens is 4. The second-order valence-electron chi connectivity index (χ2n) is 6.08. The Morgan fingerprint density at radius 1 is 1.04 bits per heavy atom. The summed E-state index contributed by atoms with van der Waals surface area (Å²) >= 11 is 7.43. The molecule has 1 heterocycles. The van der Waals surface area contributed by atoms with E-state index in [-0.39, 0.29) is 6.61 Å². The van der Waals surface area contributed by atoms with E-state index in [2.05, 4.69) is 15.5 Å². The van der Waals surface area contributed by atoms with Crippen LogP contribution in [0.5, 0.6) is 5.75 Å². The number of benzene rings is 3. The highest BCUT2D eigenvalue weighted by Gasteiger charge is 2.14. The molecule has 1 unspecified atom stereocenters. The van der Waals surface area contributed by atoms with Crippen molar-refractivity contribution in [1.29, 1.82) is 0 Å². The molecule has 142 valence electrons. The molecule has 0 spiro atoms. The molecule has 0 bridgehead atoms. The van der Waals surface area contributed by atoms with Gasteiger partial charge in [-0.15, -0.1) is 5.10 Å². The molecule has 6 nitrogen and oxygen atoms in total. The summed E-state index contributed by atoms with van der Waals surface area (Å²) in [4.78, 5) is 0. The van der Waals surface area contributed by atoms with E-state index < -0.39 is 6.10 Å². The highest BCUT2D eigenvalue weighted by molar-refractivity contribution is 7.99. The van der Waals surface area contributed by atoms with Gasteiger partial charge in [0, 0.05) is 11.1 Å². The van der Waals surface area contributed by atoms with Crippen molar-refractivity contribution in [3.05, 3.63) is 71.8 Å². The normalized spacial score (nSPS) is 12.2. The van der Waals surface area contributed by atoms with E-state index in [1.807, 2.05) is 54.6 Å². The summed E-state index contributed by atoms with van der Waals surface area (Å²) < 4.78 is 7.28. The number of aliphatic hydroxyl groups excluding tert-OH is 1. The monoisotopic (exact) mass is 412 g/mol. The van der Waals surface area contributed by atoms with Crippen LogP contribution in [-0.4, -0.2) is 43.8 Å². The SMILES string of the molecule is OC(COc1ccccc1Cl)CSc1nnnn1-c1cccc2ccccc12. The maximum absolute atomic E-state index is 10.3. The largest absolute Gasteiger partial charge is 0.489 e. The quantitative estimate of drug-likeness (QED) is 0.462. The van der Waals surface area contributed by atoms with Crippen molar-refractivity contribution in [2.75, 3.05) is 12.4 Å². The molecule has 0 fully saturated rings. The Kier molecular flexibility index (Phi) is 5.76. The van der Waals surface area contributed by atoms with Crippen molar-refractivity contribution in [2.24, 2.45) is 0 Å². The molecular formula is C20H17ClN4O2S. The van der Waals surface area contributed by atoms with Crippen molar-refractivity contribution in [1.82, 2.24) is 20.2 Å². The topological polar surface area (TPSA) is 73.1 Å². The number of hydrogen-bond donors (Lipinski definition) is 1. The molecule has 4 aromatic rings. The van der Waals surface area contributed by atoms with Crippen LogP contribution in [-0.2, 0) is 0 Å². The number of aliphatic hydroxyl groups is 1. The summed E-state index contributed by atoms with van der Waals surface area (Å²) in [6, 6.07) is 21.2. The number of thioether (sulfide) groups is 1. The summed E-state index contributed by atoms with van der Waals surface area (Å²) in [6.45, 7) is 0.132. The van der Waals surface area contributed by atoms with Gasteiger partial charge in [0.2, 0.25) is 5.16 Å². The number of halogens is 1. The summed E-state index contributed by atoms with van der Waals surface area (Å²) in [5.74, 6) is 0.934. The van der Waals surface area contributed by atoms with E-state index in [9.17, 15) is 5.11 Å². The van der Waals surface area contributed by atoms with Gasteiger partial charge in [0.25, 0.3) is 0 Å². The lowest BCUT2D eigenvalue weighted by molar-refractivity contribution is 0.126. The lowest BCUT2D eigenvalue weighted by atomic mass is 10.1. The first-order valence-corrected chi connectivity index (χ1v) is 10.0. The Morgan fingerprint density at radius 3 is 2.71 bits per heavy atom. The Hall–Kier alpha value is -2.61. The lowest BCUT2D eigenvalue weighted by Crippen LogP contribution is -2.20. The van der Waals surface area contributed by atoms with Gasteiger partial charge in [-0.1, -0.05) is 71.9 Å². The van der Waals surface area contributed by atoms with Gasteiger partial charge in [0.1, 0.15) is 12.4 Å². The number of para-hydroxylation sites is 1. The van der Waals surface area contributed by atoms with Crippen LogP contribution in [0, 0.1) is 0 Å². The number of fused-ring (bicyclic) bond motifs is 1. The fourth-order valence-corrected chi connectivity index (χ4v) is 3.76. The highest BCUT2D eigenvalue weighted by Crippen LogP contribution is 2.26.